The molecule has 0 radical (unpaired) electrons. The highest BCUT2D eigenvalue weighted by molar-refractivity contribution is 9.10. The molecule has 0 aromatic heterocycles. The van der Waals surface area contributed by atoms with Crippen molar-refractivity contribution in [1.82, 2.24) is 4.90 Å². The number of hydrogen-bond acceptors (Lipinski definition) is 2. The molecular formula is C18H20BrN3O. The van der Waals surface area contributed by atoms with E-state index in [0.717, 1.165) is 36.3 Å². The topological polar surface area (TPSA) is 35.6 Å². The molecule has 120 valence electrons. The van der Waals surface area contributed by atoms with Gasteiger partial charge in [-0.25, -0.2) is 4.79 Å². The van der Waals surface area contributed by atoms with Gasteiger partial charge in [-0.3, -0.25) is 0 Å². The Morgan fingerprint density at radius 2 is 1.78 bits per heavy atom. The number of hydrogen-bond donors (Lipinski definition) is 1. The fourth-order valence-corrected chi connectivity index (χ4v) is 3.24. The van der Waals surface area contributed by atoms with E-state index in [0.29, 0.717) is 0 Å². The number of urea groups is 1. The Morgan fingerprint density at radius 3 is 2.48 bits per heavy atom. The maximum Gasteiger partial charge on any atom is 0.321 e. The van der Waals surface area contributed by atoms with Gasteiger partial charge in [0.15, 0.2) is 0 Å². The van der Waals surface area contributed by atoms with Gasteiger partial charge in [-0.05, 0) is 36.8 Å². The van der Waals surface area contributed by atoms with Gasteiger partial charge in [-0.15, -0.1) is 0 Å². The summed E-state index contributed by atoms with van der Waals surface area (Å²) in [5.41, 5.74) is 3.35. The lowest BCUT2D eigenvalue weighted by atomic mass is 10.1. The predicted octanol–water partition coefficient (Wildman–Crippen LogP) is 4.11. The first-order valence-corrected chi connectivity index (χ1v) is 8.55. The molecule has 0 atom stereocenters. The molecular weight excluding hydrogens is 354 g/mol. The third-order valence-corrected chi connectivity index (χ3v) is 4.59. The maximum atomic E-state index is 12.4. The molecule has 1 saturated heterocycles. The summed E-state index contributed by atoms with van der Waals surface area (Å²) in [5.74, 6) is 0. The second-order valence-corrected chi connectivity index (χ2v) is 6.62. The minimum atomic E-state index is -0.0347. The molecule has 0 unspecified atom stereocenters. The van der Waals surface area contributed by atoms with E-state index in [9.17, 15) is 4.79 Å². The van der Waals surface area contributed by atoms with Crippen molar-refractivity contribution >= 4 is 33.3 Å². The maximum absolute atomic E-state index is 12.4. The van der Waals surface area contributed by atoms with Gasteiger partial charge < -0.3 is 15.1 Å². The zero-order valence-corrected chi connectivity index (χ0v) is 14.7. The summed E-state index contributed by atoms with van der Waals surface area (Å²) in [6.07, 6.45) is 0. The van der Waals surface area contributed by atoms with E-state index in [1.807, 2.05) is 29.2 Å². The molecule has 5 heteroatoms. The first-order valence-electron chi connectivity index (χ1n) is 7.75. The lowest BCUT2D eigenvalue weighted by Gasteiger charge is -2.36. The number of carbonyl (C=O) groups is 1. The SMILES string of the molecule is Cc1ccccc1N1CCN(C(=O)Nc2cccc(Br)c2)CC1. The van der Waals surface area contributed by atoms with E-state index in [4.69, 9.17) is 0 Å². The van der Waals surface area contributed by atoms with E-state index in [-0.39, 0.29) is 6.03 Å². The first-order chi connectivity index (χ1) is 11.1. The molecule has 1 fully saturated rings. The van der Waals surface area contributed by atoms with E-state index >= 15 is 0 Å². The molecule has 1 aliphatic rings. The fourth-order valence-electron chi connectivity index (χ4n) is 2.84. The Labute approximate surface area is 145 Å². The van der Waals surface area contributed by atoms with E-state index in [1.165, 1.54) is 11.3 Å². The Hall–Kier alpha value is -2.01. The van der Waals surface area contributed by atoms with Crippen molar-refractivity contribution in [1.29, 1.82) is 0 Å². The Morgan fingerprint density at radius 1 is 1.04 bits per heavy atom. The van der Waals surface area contributed by atoms with Crippen LogP contribution in [0.15, 0.2) is 53.0 Å². The van der Waals surface area contributed by atoms with Crippen LogP contribution in [0.3, 0.4) is 0 Å². The second-order valence-electron chi connectivity index (χ2n) is 5.70. The average molecular weight is 374 g/mol. The molecule has 0 bridgehead atoms. The summed E-state index contributed by atoms with van der Waals surface area (Å²) in [7, 11) is 0. The van der Waals surface area contributed by atoms with Gasteiger partial charge in [0.05, 0.1) is 0 Å². The minimum absolute atomic E-state index is 0.0347. The molecule has 0 spiro atoms. The number of nitrogens with one attached hydrogen (secondary N) is 1. The van der Waals surface area contributed by atoms with Crippen LogP contribution < -0.4 is 10.2 Å². The van der Waals surface area contributed by atoms with Crippen molar-refractivity contribution in [3.63, 3.8) is 0 Å². The van der Waals surface area contributed by atoms with Crippen molar-refractivity contribution in [3.8, 4) is 0 Å². The van der Waals surface area contributed by atoms with Crippen LogP contribution in [0.5, 0.6) is 0 Å². The van der Waals surface area contributed by atoms with Crippen LogP contribution >= 0.6 is 15.9 Å². The molecule has 4 nitrogen and oxygen atoms in total. The second kappa shape index (κ2) is 7.04. The normalized spacial score (nSPS) is 14.7. The van der Waals surface area contributed by atoms with Crippen molar-refractivity contribution < 1.29 is 4.79 Å². The third kappa shape index (κ3) is 3.85. The molecule has 2 amide bonds. The van der Waals surface area contributed by atoms with Crippen LogP contribution in [0.1, 0.15) is 5.56 Å². The van der Waals surface area contributed by atoms with Crippen molar-refractivity contribution in [2.75, 3.05) is 36.4 Å². The highest BCUT2D eigenvalue weighted by atomic mass is 79.9. The molecule has 1 N–H and O–H groups in total. The van der Waals surface area contributed by atoms with Crippen molar-refractivity contribution in [2.24, 2.45) is 0 Å². The van der Waals surface area contributed by atoms with E-state index < -0.39 is 0 Å². The summed E-state index contributed by atoms with van der Waals surface area (Å²) in [6.45, 7) is 5.30. The molecule has 0 aliphatic carbocycles. The molecule has 23 heavy (non-hydrogen) atoms. The summed E-state index contributed by atoms with van der Waals surface area (Å²) in [5, 5.41) is 2.96. The summed E-state index contributed by atoms with van der Waals surface area (Å²) >= 11 is 3.42. The standard InChI is InChI=1S/C18H20BrN3O/c1-14-5-2-3-8-17(14)21-9-11-22(12-10-21)18(23)20-16-7-4-6-15(19)13-16/h2-8,13H,9-12H2,1H3,(H,20,23). The van der Waals surface area contributed by atoms with Crippen LogP contribution in [0, 0.1) is 6.92 Å². The zero-order valence-electron chi connectivity index (χ0n) is 13.1. The van der Waals surface area contributed by atoms with Crippen LogP contribution in [0.2, 0.25) is 0 Å². The molecule has 1 heterocycles. The summed E-state index contributed by atoms with van der Waals surface area (Å²) in [4.78, 5) is 16.6. The van der Waals surface area contributed by atoms with E-state index in [2.05, 4.69) is 57.3 Å². The smallest absolute Gasteiger partial charge is 0.321 e. The van der Waals surface area contributed by atoms with Gasteiger partial charge in [0, 0.05) is 42.0 Å². The number of piperazine rings is 1. The number of rotatable bonds is 2. The number of nitrogens with zero attached hydrogens (tertiary/aromatic N) is 2. The Bertz CT molecular complexity index is 696. The number of anilines is 2. The highest BCUT2D eigenvalue weighted by Gasteiger charge is 2.21. The van der Waals surface area contributed by atoms with Crippen LogP contribution in [-0.4, -0.2) is 37.1 Å². The monoisotopic (exact) mass is 373 g/mol. The molecule has 1 aliphatic heterocycles. The van der Waals surface area contributed by atoms with Gasteiger partial charge in [0.2, 0.25) is 0 Å². The summed E-state index contributed by atoms with van der Waals surface area (Å²) in [6, 6.07) is 16.0. The Balaban J connectivity index is 1.58. The minimum Gasteiger partial charge on any atom is -0.368 e. The molecule has 2 aromatic carbocycles. The largest absolute Gasteiger partial charge is 0.368 e. The molecule has 2 aromatic rings. The summed E-state index contributed by atoms with van der Waals surface area (Å²) < 4.78 is 0.958. The van der Waals surface area contributed by atoms with Crippen LogP contribution in [-0.2, 0) is 0 Å². The average Bonchev–Trinajstić information content (AvgIpc) is 2.55. The van der Waals surface area contributed by atoms with Gasteiger partial charge in [0.1, 0.15) is 0 Å². The number of para-hydroxylation sites is 1. The van der Waals surface area contributed by atoms with Gasteiger partial charge in [-0.2, -0.15) is 0 Å². The van der Waals surface area contributed by atoms with Gasteiger partial charge in [-0.1, -0.05) is 40.2 Å². The molecule has 3 rings (SSSR count). The third-order valence-electron chi connectivity index (χ3n) is 4.10. The van der Waals surface area contributed by atoms with Gasteiger partial charge >= 0.3 is 6.03 Å². The number of amides is 2. The van der Waals surface area contributed by atoms with E-state index in [1.54, 1.807) is 0 Å². The Kier molecular flexibility index (Phi) is 4.86. The lowest BCUT2D eigenvalue weighted by Crippen LogP contribution is -2.50. The number of carbonyl (C=O) groups excluding carboxylic acids is 1. The number of halogens is 1. The quantitative estimate of drug-likeness (QED) is 0.859. The first kappa shape index (κ1) is 15.9. The predicted molar refractivity (Wildman–Crippen MR) is 98.1 cm³/mol. The fraction of sp³-hybridized carbons (Fsp3) is 0.278. The highest BCUT2D eigenvalue weighted by Crippen LogP contribution is 2.21. The molecule has 0 saturated carbocycles. The number of aryl methyl sites for hydroxylation is 1. The number of benzene rings is 2. The van der Waals surface area contributed by atoms with Gasteiger partial charge in [0.25, 0.3) is 0 Å². The van der Waals surface area contributed by atoms with Crippen molar-refractivity contribution in [2.45, 2.75) is 6.92 Å². The van der Waals surface area contributed by atoms with Crippen LogP contribution in [0.25, 0.3) is 0 Å². The zero-order chi connectivity index (χ0) is 16.2. The van der Waals surface area contributed by atoms with Crippen molar-refractivity contribution in [3.05, 3.63) is 58.6 Å². The van der Waals surface area contributed by atoms with Crippen LogP contribution in [0.4, 0.5) is 16.2 Å². The lowest BCUT2D eigenvalue weighted by molar-refractivity contribution is 0.208.